The lowest BCUT2D eigenvalue weighted by Gasteiger charge is -2.19. The first kappa shape index (κ1) is 17.7. The summed E-state index contributed by atoms with van der Waals surface area (Å²) in [4.78, 5) is 8.78. The van der Waals surface area contributed by atoms with Crippen LogP contribution < -0.4 is 4.90 Å². The van der Waals surface area contributed by atoms with Crippen LogP contribution in [0, 0.1) is 4.77 Å². The van der Waals surface area contributed by atoms with Gasteiger partial charge in [0.2, 0.25) is 4.77 Å². The predicted molar refractivity (Wildman–Crippen MR) is 98.3 cm³/mol. The summed E-state index contributed by atoms with van der Waals surface area (Å²) in [5.41, 5.74) is 2.46. The van der Waals surface area contributed by atoms with Crippen LogP contribution in [-0.2, 0) is 18.6 Å². The number of hydrogen-bond acceptors (Lipinski definition) is 4. The quantitative estimate of drug-likeness (QED) is 0.852. The molecule has 5 nitrogen and oxygen atoms in total. The van der Waals surface area contributed by atoms with Gasteiger partial charge in [-0.05, 0) is 37.0 Å². The summed E-state index contributed by atoms with van der Waals surface area (Å²) in [6, 6.07) is 8.61. The van der Waals surface area contributed by atoms with Crippen molar-refractivity contribution in [2.75, 3.05) is 26.0 Å². The Morgan fingerprint density at radius 3 is 2.22 bits per heavy atom. The maximum atomic E-state index is 5.36. The van der Waals surface area contributed by atoms with Crippen LogP contribution in [-0.4, -0.2) is 40.8 Å². The van der Waals surface area contributed by atoms with Crippen LogP contribution in [0.5, 0.6) is 0 Å². The highest BCUT2D eigenvalue weighted by Gasteiger charge is 2.18. The Bertz CT molecular complexity index is 691. The van der Waals surface area contributed by atoms with Crippen molar-refractivity contribution in [2.24, 2.45) is 0 Å². The Kier molecular flexibility index (Phi) is 5.26. The highest BCUT2D eigenvalue weighted by atomic mass is 32.1. The molecule has 1 heterocycles. The second kappa shape index (κ2) is 6.84. The molecule has 1 aromatic heterocycles. The molecule has 0 spiro atoms. The van der Waals surface area contributed by atoms with Crippen LogP contribution >= 0.6 is 12.2 Å². The molecule has 2 aromatic rings. The Labute approximate surface area is 143 Å². The molecule has 0 atom stereocenters. The number of anilines is 1. The molecular weight excluding hydrogens is 306 g/mol. The van der Waals surface area contributed by atoms with Crippen LogP contribution in [0.4, 0.5) is 5.69 Å². The zero-order valence-electron chi connectivity index (χ0n) is 14.9. The Balaban J connectivity index is 2.03. The normalized spacial score (nSPS) is 12.0. The second-order valence-electron chi connectivity index (χ2n) is 7.25. The molecule has 0 bridgehead atoms. The van der Waals surface area contributed by atoms with E-state index in [4.69, 9.17) is 12.2 Å². The van der Waals surface area contributed by atoms with Crippen LogP contribution in [0.3, 0.4) is 0 Å². The summed E-state index contributed by atoms with van der Waals surface area (Å²) in [5.74, 6) is 0.922. The van der Waals surface area contributed by atoms with Crippen molar-refractivity contribution in [1.29, 1.82) is 0 Å². The fraction of sp³-hybridized carbons (Fsp3) is 0.529. The smallest absolute Gasteiger partial charge is 0.217 e. The molecule has 0 aliphatic carbocycles. The molecule has 1 N–H and O–H groups in total. The van der Waals surface area contributed by atoms with E-state index in [1.807, 2.05) is 18.8 Å². The van der Waals surface area contributed by atoms with E-state index in [9.17, 15) is 0 Å². The fourth-order valence-corrected chi connectivity index (χ4v) is 2.49. The third-order valence-electron chi connectivity index (χ3n) is 3.68. The molecule has 0 aliphatic heterocycles. The van der Waals surface area contributed by atoms with Gasteiger partial charge in [-0.15, -0.1) is 0 Å². The summed E-state index contributed by atoms with van der Waals surface area (Å²) in [6.07, 6.45) is 0. The first-order chi connectivity index (χ1) is 10.7. The van der Waals surface area contributed by atoms with Gasteiger partial charge in [0.05, 0.1) is 6.67 Å². The monoisotopic (exact) mass is 333 g/mol. The van der Waals surface area contributed by atoms with Gasteiger partial charge < -0.3 is 4.90 Å². The summed E-state index contributed by atoms with van der Waals surface area (Å²) in [7, 11) is 6.18. The topological polar surface area (TPSA) is 40.1 Å². The molecule has 0 unspecified atom stereocenters. The predicted octanol–water partition coefficient (Wildman–Crippen LogP) is 3.39. The lowest BCUT2D eigenvalue weighted by Crippen LogP contribution is -2.23. The molecule has 0 saturated heterocycles. The third kappa shape index (κ3) is 4.65. The molecular formula is C17H27N5S. The van der Waals surface area contributed by atoms with Crippen LogP contribution in [0.15, 0.2) is 24.3 Å². The van der Waals surface area contributed by atoms with Crippen LogP contribution in [0.2, 0.25) is 0 Å². The summed E-state index contributed by atoms with van der Waals surface area (Å²) in [5, 5.41) is 3.32. The van der Waals surface area contributed by atoms with Gasteiger partial charge in [-0.3, -0.25) is 10.00 Å². The number of nitrogens with zero attached hydrogens (tertiary/aromatic N) is 4. The maximum absolute atomic E-state index is 5.36. The van der Waals surface area contributed by atoms with E-state index in [-0.39, 0.29) is 5.41 Å². The van der Waals surface area contributed by atoms with Gasteiger partial charge in [-0.25, -0.2) is 9.67 Å². The van der Waals surface area contributed by atoms with E-state index in [1.54, 1.807) is 0 Å². The average molecular weight is 334 g/mol. The van der Waals surface area contributed by atoms with Crippen molar-refractivity contribution >= 4 is 17.9 Å². The van der Waals surface area contributed by atoms with E-state index in [1.165, 1.54) is 11.3 Å². The first-order valence-electron chi connectivity index (χ1n) is 7.79. The minimum atomic E-state index is -0.0284. The minimum Gasteiger partial charge on any atom is -0.378 e. The third-order valence-corrected chi connectivity index (χ3v) is 3.99. The molecule has 0 fully saturated rings. The number of benzene rings is 1. The summed E-state index contributed by atoms with van der Waals surface area (Å²) in [6.45, 7) is 7.93. The van der Waals surface area contributed by atoms with Crippen molar-refractivity contribution in [3.05, 3.63) is 40.4 Å². The molecule has 1 aromatic carbocycles. The molecule has 23 heavy (non-hydrogen) atoms. The average Bonchev–Trinajstić information content (AvgIpc) is 2.80. The number of aromatic amines is 1. The lowest BCUT2D eigenvalue weighted by molar-refractivity contribution is 0.243. The number of H-pyrrole nitrogens is 1. The highest BCUT2D eigenvalue weighted by Crippen LogP contribution is 2.18. The van der Waals surface area contributed by atoms with Crippen molar-refractivity contribution in [1.82, 2.24) is 19.7 Å². The Morgan fingerprint density at radius 1 is 1.13 bits per heavy atom. The van der Waals surface area contributed by atoms with Gasteiger partial charge in [0, 0.05) is 31.7 Å². The van der Waals surface area contributed by atoms with Gasteiger partial charge in [-0.1, -0.05) is 32.9 Å². The summed E-state index contributed by atoms with van der Waals surface area (Å²) >= 11 is 5.36. The standard InChI is InChI=1S/C17H27N5S/c1-17(2,3)15-18-16(23)22(19-15)12-21(6)11-13-7-9-14(10-8-13)20(4)5/h7-10H,11-12H2,1-6H3,(H,18,19,23). The van der Waals surface area contributed by atoms with E-state index in [0.717, 1.165) is 12.4 Å². The SMILES string of the molecule is CN(Cc1ccc(N(C)C)cc1)Cn1[nH]c(C(C)(C)C)nc1=S. The second-order valence-corrected chi connectivity index (χ2v) is 7.61. The van der Waals surface area contributed by atoms with Gasteiger partial charge >= 0.3 is 0 Å². The molecule has 0 aliphatic rings. The number of rotatable bonds is 5. The zero-order valence-corrected chi connectivity index (χ0v) is 15.7. The van der Waals surface area contributed by atoms with Crippen molar-refractivity contribution < 1.29 is 0 Å². The van der Waals surface area contributed by atoms with Gasteiger partial charge in [0.25, 0.3) is 0 Å². The number of hydrogen-bond donors (Lipinski definition) is 1. The Hall–Kier alpha value is -1.66. The van der Waals surface area contributed by atoms with E-state index in [2.05, 4.69) is 72.0 Å². The lowest BCUT2D eigenvalue weighted by atomic mass is 9.96. The van der Waals surface area contributed by atoms with Crippen molar-refractivity contribution in [2.45, 2.75) is 39.4 Å². The van der Waals surface area contributed by atoms with Crippen LogP contribution in [0.25, 0.3) is 0 Å². The first-order valence-corrected chi connectivity index (χ1v) is 8.20. The zero-order chi connectivity index (χ0) is 17.2. The molecule has 0 radical (unpaired) electrons. The maximum Gasteiger partial charge on any atom is 0.217 e. The van der Waals surface area contributed by atoms with Gasteiger partial charge in [0.1, 0.15) is 5.82 Å². The fourth-order valence-electron chi connectivity index (χ4n) is 2.29. The van der Waals surface area contributed by atoms with E-state index < -0.39 is 0 Å². The van der Waals surface area contributed by atoms with E-state index in [0.29, 0.717) is 11.4 Å². The minimum absolute atomic E-state index is 0.0284. The number of nitrogens with one attached hydrogen (secondary N) is 1. The largest absolute Gasteiger partial charge is 0.378 e. The molecule has 0 saturated carbocycles. The molecule has 2 rings (SSSR count). The van der Waals surface area contributed by atoms with Crippen LogP contribution in [0.1, 0.15) is 32.2 Å². The van der Waals surface area contributed by atoms with Gasteiger partial charge in [-0.2, -0.15) is 0 Å². The highest BCUT2D eigenvalue weighted by molar-refractivity contribution is 7.71. The van der Waals surface area contributed by atoms with Crippen molar-refractivity contribution in [3.8, 4) is 0 Å². The molecule has 0 amide bonds. The van der Waals surface area contributed by atoms with Crippen molar-refractivity contribution in [3.63, 3.8) is 0 Å². The summed E-state index contributed by atoms with van der Waals surface area (Å²) < 4.78 is 2.52. The van der Waals surface area contributed by atoms with Gasteiger partial charge in [0.15, 0.2) is 0 Å². The number of aromatic nitrogens is 3. The molecule has 6 heteroatoms. The Morgan fingerprint density at radius 2 is 1.74 bits per heavy atom. The van der Waals surface area contributed by atoms with E-state index >= 15 is 0 Å². The molecule has 126 valence electrons.